The Kier molecular flexibility index (Phi) is 5.29. The smallest absolute Gasteiger partial charge is 0.251 e. The molecule has 142 valence electrons. The van der Waals surface area contributed by atoms with Crippen LogP contribution in [0.15, 0.2) is 84.7 Å². The quantitative estimate of drug-likeness (QED) is 0.662. The van der Waals surface area contributed by atoms with Gasteiger partial charge in [-0.25, -0.2) is 0 Å². The van der Waals surface area contributed by atoms with Crippen LogP contribution in [0.5, 0.6) is 0 Å². The highest BCUT2D eigenvalue weighted by molar-refractivity contribution is 6.09. The van der Waals surface area contributed by atoms with Crippen molar-refractivity contribution >= 4 is 35.3 Å². The van der Waals surface area contributed by atoms with E-state index < -0.39 is 0 Å². The number of hydrogen-bond acceptors (Lipinski definition) is 3. The van der Waals surface area contributed by atoms with Crippen LogP contribution in [-0.4, -0.2) is 16.8 Å². The van der Waals surface area contributed by atoms with E-state index in [-0.39, 0.29) is 11.8 Å². The fraction of sp³-hybridized carbons (Fsp3) is 0.0417. The van der Waals surface area contributed by atoms with E-state index in [1.807, 2.05) is 54.6 Å². The van der Waals surface area contributed by atoms with Crippen molar-refractivity contribution in [1.82, 2.24) is 4.98 Å². The van der Waals surface area contributed by atoms with E-state index in [2.05, 4.69) is 15.6 Å². The Labute approximate surface area is 168 Å². The first-order valence-electron chi connectivity index (χ1n) is 9.26. The maximum Gasteiger partial charge on any atom is 0.251 e. The van der Waals surface area contributed by atoms with Crippen molar-refractivity contribution in [3.05, 3.63) is 101 Å². The molecule has 0 saturated heterocycles. The SMILES string of the molecule is O=C(/C=C/c1ccc(C=C2Cc3ccccc3NC2=O)cc1)Nc1ccncc1. The van der Waals surface area contributed by atoms with Crippen LogP contribution in [0.3, 0.4) is 0 Å². The standard InChI is InChI=1S/C24H19N3O2/c28-23(26-21-11-13-25-14-12-21)10-9-17-5-7-18(8-6-17)15-20-16-19-3-1-2-4-22(19)27-24(20)29/h1-15H,16H2,(H,27,29)(H,25,26,28)/b10-9+,20-15?. The topological polar surface area (TPSA) is 71.1 Å². The number of hydrogen-bond donors (Lipinski definition) is 2. The van der Waals surface area contributed by atoms with Crippen molar-refractivity contribution in [3.8, 4) is 0 Å². The molecule has 0 radical (unpaired) electrons. The van der Waals surface area contributed by atoms with Gasteiger partial charge in [0.05, 0.1) is 0 Å². The summed E-state index contributed by atoms with van der Waals surface area (Å²) in [6.07, 6.45) is 8.99. The Hall–Kier alpha value is -3.99. The molecule has 0 aliphatic carbocycles. The lowest BCUT2D eigenvalue weighted by atomic mass is 9.96. The van der Waals surface area contributed by atoms with Crippen LogP contribution in [0.25, 0.3) is 12.2 Å². The summed E-state index contributed by atoms with van der Waals surface area (Å²) in [5.41, 5.74) is 5.24. The molecular formula is C24H19N3O2. The van der Waals surface area contributed by atoms with Gasteiger partial charge < -0.3 is 10.6 Å². The third-order valence-corrected chi connectivity index (χ3v) is 4.59. The van der Waals surface area contributed by atoms with Crippen LogP contribution in [-0.2, 0) is 16.0 Å². The van der Waals surface area contributed by atoms with Gasteiger partial charge in [0.1, 0.15) is 0 Å². The minimum absolute atomic E-state index is 0.0690. The number of amides is 2. The van der Waals surface area contributed by atoms with Gasteiger partial charge in [-0.2, -0.15) is 0 Å². The van der Waals surface area contributed by atoms with Gasteiger partial charge in [0, 0.05) is 41.8 Å². The number of para-hydroxylation sites is 1. The van der Waals surface area contributed by atoms with E-state index in [9.17, 15) is 9.59 Å². The molecule has 1 aromatic heterocycles. The third-order valence-electron chi connectivity index (χ3n) is 4.59. The average molecular weight is 381 g/mol. The van der Waals surface area contributed by atoms with Crippen LogP contribution < -0.4 is 10.6 Å². The maximum atomic E-state index is 12.3. The van der Waals surface area contributed by atoms with Gasteiger partial charge in [-0.05, 0) is 47.0 Å². The van der Waals surface area contributed by atoms with Gasteiger partial charge in [0.25, 0.3) is 5.91 Å². The Morgan fingerprint density at radius 1 is 0.966 bits per heavy atom. The Morgan fingerprint density at radius 3 is 2.48 bits per heavy atom. The van der Waals surface area contributed by atoms with Gasteiger partial charge in [-0.1, -0.05) is 42.5 Å². The van der Waals surface area contributed by atoms with Gasteiger partial charge in [0.15, 0.2) is 0 Å². The van der Waals surface area contributed by atoms with E-state index >= 15 is 0 Å². The average Bonchev–Trinajstić information content (AvgIpc) is 2.74. The van der Waals surface area contributed by atoms with Gasteiger partial charge in [-0.3, -0.25) is 14.6 Å². The highest BCUT2D eigenvalue weighted by atomic mass is 16.2. The van der Waals surface area contributed by atoms with Gasteiger partial charge in [-0.15, -0.1) is 0 Å². The second-order valence-corrected chi connectivity index (χ2v) is 6.68. The van der Waals surface area contributed by atoms with Crippen LogP contribution in [0.1, 0.15) is 16.7 Å². The molecule has 5 heteroatoms. The molecule has 1 aliphatic heterocycles. The van der Waals surface area contributed by atoms with Crippen molar-refractivity contribution in [2.45, 2.75) is 6.42 Å². The molecule has 2 N–H and O–H groups in total. The van der Waals surface area contributed by atoms with Crippen molar-refractivity contribution in [2.24, 2.45) is 0 Å². The highest BCUT2D eigenvalue weighted by Gasteiger charge is 2.19. The molecule has 2 heterocycles. The van der Waals surface area contributed by atoms with Gasteiger partial charge in [0.2, 0.25) is 5.91 Å². The first-order chi connectivity index (χ1) is 14.2. The summed E-state index contributed by atoms with van der Waals surface area (Å²) in [6, 6.07) is 19.0. The van der Waals surface area contributed by atoms with E-state index in [4.69, 9.17) is 0 Å². The lowest BCUT2D eigenvalue weighted by Crippen LogP contribution is -2.21. The highest BCUT2D eigenvalue weighted by Crippen LogP contribution is 2.26. The summed E-state index contributed by atoms with van der Waals surface area (Å²) in [6.45, 7) is 0. The summed E-state index contributed by atoms with van der Waals surface area (Å²) < 4.78 is 0. The molecule has 0 spiro atoms. The van der Waals surface area contributed by atoms with E-state index in [0.717, 1.165) is 28.0 Å². The van der Waals surface area contributed by atoms with Crippen molar-refractivity contribution < 1.29 is 9.59 Å². The molecule has 0 bridgehead atoms. The lowest BCUT2D eigenvalue weighted by molar-refractivity contribution is -0.113. The second kappa shape index (κ2) is 8.35. The molecular weight excluding hydrogens is 362 g/mol. The van der Waals surface area contributed by atoms with Gasteiger partial charge >= 0.3 is 0 Å². The zero-order chi connectivity index (χ0) is 20.1. The Balaban J connectivity index is 1.42. The molecule has 2 aromatic carbocycles. The van der Waals surface area contributed by atoms with E-state index in [1.54, 1.807) is 30.6 Å². The molecule has 0 saturated carbocycles. The number of nitrogens with zero attached hydrogens (tertiary/aromatic N) is 1. The van der Waals surface area contributed by atoms with E-state index in [1.165, 1.54) is 6.08 Å². The normalized spacial score (nSPS) is 14.5. The molecule has 4 rings (SSSR count). The second-order valence-electron chi connectivity index (χ2n) is 6.68. The molecule has 5 nitrogen and oxygen atoms in total. The summed E-state index contributed by atoms with van der Waals surface area (Å²) in [5.74, 6) is -0.277. The Bertz CT molecular complexity index is 1100. The van der Waals surface area contributed by atoms with Crippen LogP contribution >= 0.6 is 0 Å². The van der Waals surface area contributed by atoms with Crippen molar-refractivity contribution in [3.63, 3.8) is 0 Å². The maximum absolute atomic E-state index is 12.3. The zero-order valence-electron chi connectivity index (χ0n) is 15.6. The number of aromatic nitrogens is 1. The number of carbonyl (C=O) groups is 2. The van der Waals surface area contributed by atoms with Crippen LogP contribution in [0, 0.1) is 0 Å². The molecule has 0 fully saturated rings. The fourth-order valence-corrected chi connectivity index (χ4v) is 3.10. The first kappa shape index (κ1) is 18.4. The minimum Gasteiger partial charge on any atom is -0.322 e. The number of fused-ring (bicyclic) bond motifs is 1. The summed E-state index contributed by atoms with van der Waals surface area (Å²) >= 11 is 0. The number of benzene rings is 2. The van der Waals surface area contributed by atoms with Crippen molar-refractivity contribution in [2.75, 3.05) is 10.6 Å². The molecule has 1 aliphatic rings. The minimum atomic E-state index is -0.208. The zero-order valence-corrected chi connectivity index (χ0v) is 15.6. The number of carbonyl (C=O) groups excluding carboxylic acids is 2. The number of anilines is 2. The predicted molar refractivity (Wildman–Crippen MR) is 115 cm³/mol. The lowest BCUT2D eigenvalue weighted by Gasteiger charge is -2.19. The first-order valence-corrected chi connectivity index (χ1v) is 9.26. The predicted octanol–water partition coefficient (Wildman–Crippen LogP) is 4.31. The summed E-state index contributed by atoms with van der Waals surface area (Å²) in [5, 5.41) is 5.70. The number of nitrogens with one attached hydrogen (secondary N) is 2. The Morgan fingerprint density at radius 2 is 1.69 bits per heavy atom. The molecule has 2 amide bonds. The van der Waals surface area contributed by atoms with Crippen molar-refractivity contribution in [1.29, 1.82) is 0 Å². The summed E-state index contributed by atoms with van der Waals surface area (Å²) in [4.78, 5) is 28.2. The summed E-state index contributed by atoms with van der Waals surface area (Å²) in [7, 11) is 0. The van der Waals surface area contributed by atoms with Crippen LogP contribution in [0.4, 0.5) is 11.4 Å². The number of pyridine rings is 1. The molecule has 0 atom stereocenters. The molecule has 0 unspecified atom stereocenters. The van der Waals surface area contributed by atoms with E-state index in [0.29, 0.717) is 12.1 Å². The monoisotopic (exact) mass is 381 g/mol. The molecule has 3 aromatic rings. The molecule has 29 heavy (non-hydrogen) atoms. The largest absolute Gasteiger partial charge is 0.322 e. The fourth-order valence-electron chi connectivity index (χ4n) is 3.10. The number of rotatable bonds is 4. The third kappa shape index (κ3) is 4.65. The van der Waals surface area contributed by atoms with Crippen LogP contribution in [0.2, 0.25) is 0 Å².